The van der Waals surface area contributed by atoms with Crippen molar-refractivity contribution >= 4 is 61.8 Å². The summed E-state index contributed by atoms with van der Waals surface area (Å²) >= 11 is 4.08. The fourth-order valence-corrected chi connectivity index (χ4v) is 5.79. The topological polar surface area (TPSA) is 57.4 Å². The van der Waals surface area contributed by atoms with Crippen LogP contribution in [0.2, 0.25) is 0 Å². The number of nitrogens with one attached hydrogen (secondary N) is 2. The number of aromatic nitrogens is 4. The van der Waals surface area contributed by atoms with E-state index >= 15 is 0 Å². The zero-order valence-electron chi connectivity index (χ0n) is 23.9. The molecule has 4 nitrogen and oxygen atoms in total. The summed E-state index contributed by atoms with van der Waals surface area (Å²) in [5.74, 6) is 0. The largest absolute Gasteiger partial charge is 0.0623 e. The summed E-state index contributed by atoms with van der Waals surface area (Å²) in [6.45, 7) is 0. The molecular weight excluding hydrogens is 608 g/mol. The van der Waals surface area contributed by atoms with Gasteiger partial charge in [-0.3, -0.25) is 0 Å². The fraction of sp³-hybridized carbons (Fsp3) is 0.0256. The number of nitrogens with zero attached hydrogens (tertiary/aromatic N) is 2. The molecule has 221 valence electrons. The van der Waals surface area contributed by atoms with Crippen molar-refractivity contribution in [1.29, 1.82) is 0 Å². The predicted molar refractivity (Wildman–Crippen MR) is 191 cm³/mol. The smallest absolute Gasteiger partial charge is 0.0149 e. The van der Waals surface area contributed by atoms with Gasteiger partial charge in [-0.15, -0.1) is 0 Å². The van der Waals surface area contributed by atoms with Crippen LogP contribution in [0.15, 0.2) is 127 Å². The first-order valence-electron chi connectivity index (χ1n) is 14.6. The Morgan fingerprint density at radius 3 is 1.36 bits per heavy atom. The number of aromatic amines is 2. The van der Waals surface area contributed by atoms with Crippen LogP contribution in [0.25, 0.3) is 57.5 Å². The molecule has 5 heterocycles. The van der Waals surface area contributed by atoms with Gasteiger partial charge in [0, 0.05) is 22.1 Å². The third kappa shape index (κ3) is 7.22. The van der Waals surface area contributed by atoms with Gasteiger partial charge in [0.1, 0.15) is 0 Å². The summed E-state index contributed by atoms with van der Waals surface area (Å²) in [6.07, 6.45) is 9.14. The van der Waals surface area contributed by atoms with Crippen molar-refractivity contribution in [2.75, 3.05) is 0 Å². The zero-order valence-corrected chi connectivity index (χ0v) is 25.0. The third-order valence-corrected chi connectivity index (χ3v) is 8.01. The minimum atomic E-state index is 0. The minimum absolute atomic E-state index is 0. The van der Waals surface area contributed by atoms with Gasteiger partial charge in [0.05, 0.1) is 22.8 Å². The molecule has 2 aliphatic heterocycles. The second-order valence-electron chi connectivity index (χ2n) is 10.6. The first-order chi connectivity index (χ1) is 21.7. The molecule has 3 aromatic heterocycles. The maximum Gasteiger partial charge on any atom is -0.0149 e. The Labute approximate surface area is 275 Å². The van der Waals surface area contributed by atoms with Gasteiger partial charge in [-0.2, -0.15) is 0 Å². The summed E-state index contributed by atoms with van der Waals surface area (Å²) in [5.41, 5.74) is 13.4. The molecule has 2 N–H and O–H groups in total. The van der Waals surface area contributed by atoms with Crippen LogP contribution in [-0.2, 0) is 22.4 Å². The summed E-state index contributed by atoms with van der Waals surface area (Å²) in [7, 11) is 0. The standard InChI is InChI=1S/C20H14N4.C13H9.C6H6.Fe.H4Si/c1-2-14-10-16-5-6-18(23-16)12-20-8-7-19(24-20)11-17-4-3-15(22-17)9-13(1)21-14;1-3-7-12-10(5-1)9-11-6-2-4-8-13(11)12;1-2-4-6-5-3-1;;/h1-12,21,24H;1-5,7-8H,9H2;1-6H;;1H4. The number of hydrogen-bond donors (Lipinski definition) is 2. The Kier molecular flexibility index (Phi) is 9.18. The van der Waals surface area contributed by atoms with Crippen molar-refractivity contribution in [2.24, 2.45) is 0 Å². The number of H-pyrrole nitrogens is 2. The van der Waals surface area contributed by atoms with Crippen molar-refractivity contribution in [3.63, 3.8) is 0 Å². The molecule has 6 heteroatoms. The molecule has 0 radical (unpaired) electrons. The van der Waals surface area contributed by atoms with E-state index in [1.165, 1.54) is 26.7 Å². The van der Waals surface area contributed by atoms with E-state index < -0.39 is 0 Å². The Hall–Kier alpha value is -5.00. The summed E-state index contributed by atoms with van der Waals surface area (Å²) < 4.78 is 1.17. The van der Waals surface area contributed by atoms with Gasteiger partial charge in [-0.25, -0.2) is 9.97 Å². The van der Waals surface area contributed by atoms with E-state index in [0.717, 1.165) is 51.3 Å². The molecule has 3 aromatic carbocycles. The van der Waals surface area contributed by atoms with E-state index in [0.29, 0.717) is 0 Å². The van der Waals surface area contributed by atoms with E-state index in [4.69, 9.17) is 0 Å². The SMILES string of the molecule is C1=Cc2cc3ccc(cc4nc(cc5ccc(cc1n2)[nH]5)C=C4)[nH]3.[Fe][c]1cccc2c1Cc1ccccc1-2.[SiH4].c1ccccc1. The molecule has 0 saturated heterocycles. The van der Waals surface area contributed by atoms with Gasteiger partial charge in [0.25, 0.3) is 0 Å². The van der Waals surface area contributed by atoms with E-state index in [1.807, 2.05) is 85.0 Å². The van der Waals surface area contributed by atoms with Gasteiger partial charge in [-0.05, 0) is 83.8 Å². The molecule has 0 atom stereocenters. The normalized spacial score (nSPS) is 11.7. The van der Waals surface area contributed by atoms with Crippen LogP contribution in [0, 0.1) is 0 Å². The van der Waals surface area contributed by atoms with Crippen LogP contribution in [0.4, 0.5) is 0 Å². The van der Waals surface area contributed by atoms with Crippen LogP contribution in [-0.4, -0.2) is 30.9 Å². The van der Waals surface area contributed by atoms with Crippen LogP contribution in [0.1, 0.15) is 33.9 Å². The van der Waals surface area contributed by atoms with E-state index in [2.05, 4.69) is 103 Å². The molecule has 0 unspecified atom stereocenters. The van der Waals surface area contributed by atoms with Gasteiger partial charge >= 0.3 is 91.6 Å². The molecule has 45 heavy (non-hydrogen) atoms. The maximum absolute atomic E-state index is 4.63. The number of benzene rings is 3. The maximum atomic E-state index is 4.63. The van der Waals surface area contributed by atoms with Crippen molar-refractivity contribution in [1.82, 2.24) is 19.9 Å². The van der Waals surface area contributed by atoms with E-state index in [9.17, 15) is 0 Å². The van der Waals surface area contributed by atoms with Crippen molar-refractivity contribution in [2.45, 2.75) is 6.42 Å². The molecule has 1 aliphatic carbocycles. The molecule has 9 rings (SSSR count). The summed E-state index contributed by atoms with van der Waals surface area (Å²) in [4.78, 5) is 16.0. The first kappa shape index (κ1) is 30.0. The molecule has 0 fully saturated rings. The van der Waals surface area contributed by atoms with Gasteiger partial charge < -0.3 is 9.97 Å². The Balaban J connectivity index is 0.000000143. The molecule has 3 aliphatic rings. The summed E-state index contributed by atoms with van der Waals surface area (Å²) in [6, 6.07) is 43.3. The monoisotopic (exact) mass is 641 g/mol. The number of hydrogen-bond acceptors (Lipinski definition) is 2. The molecule has 6 aromatic rings. The first-order valence-corrected chi connectivity index (χ1v) is 15.1. The molecule has 8 bridgehead atoms. The van der Waals surface area contributed by atoms with Crippen LogP contribution >= 0.6 is 0 Å². The van der Waals surface area contributed by atoms with Crippen molar-refractivity contribution in [3.8, 4) is 11.1 Å². The second-order valence-corrected chi connectivity index (χ2v) is 11.2. The average molecular weight is 642 g/mol. The Bertz CT molecular complexity index is 1980. The van der Waals surface area contributed by atoms with Crippen LogP contribution < -0.4 is 4.46 Å². The quantitative estimate of drug-likeness (QED) is 0.171. The van der Waals surface area contributed by atoms with Gasteiger partial charge in [0.15, 0.2) is 0 Å². The van der Waals surface area contributed by atoms with Gasteiger partial charge in [0.2, 0.25) is 0 Å². The average Bonchev–Trinajstić information content (AvgIpc) is 3.89. The van der Waals surface area contributed by atoms with E-state index in [-0.39, 0.29) is 11.0 Å². The molecular formula is C39H33FeN4Si. The van der Waals surface area contributed by atoms with Crippen molar-refractivity contribution in [3.05, 3.63) is 161 Å². The molecule has 0 spiro atoms. The molecule has 0 saturated carbocycles. The molecule has 0 amide bonds. The third-order valence-electron chi connectivity index (χ3n) is 7.49. The van der Waals surface area contributed by atoms with Crippen LogP contribution in [0.3, 0.4) is 0 Å². The summed E-state index contributed by atoms with van der Waals surface area (Å²) in [5, 5.41) is 0. The second kappa shape index (κ2) is 13.7. The number of rotatable bonds is 0. The van der Waals surface area contributed by atoms with Crippen LogP contribution in [0.5, 0.6) is 0 Å². The predicted octanol–water partition coefficient (Wildman–Crippen LogP) is 7.32. The number of fused-ring (bicyclic) bond motifs is 11. The van der Waals surface area contributed by atoms with Gasteiger partial charge in [-0.1, -0.05) is 36.4 Å². The van der Waals surface area contributed by atoms with Crippen molar-refractivity contribution < 1.29 is 16.0 Å². The zero-order chi connectivity index (χ0) is 29.7. The fourth-order valence-electron chi connectivity index (χ4n) is 5.44. The minimum Gasteiger partial charge on any atom is -0.0623 e. The Morgan fingerprint density at radius 2 is 0.889 bits per heavy atom. The Morgan fingerprint density at radius 1 is 0.467 bits per heavy atom. The van der Waals surface area contributed by atoms with E-state index in [1.54, 1.807) is 0 Å².